The molecule has 7 nitrogen and oxygen atoms in total. The zero-order valence-corrected chi connectivity index (χ0v) is 18.6. The average molecular weight is 419 g/mol. The predicted octanol–water partition coefficient (Wildman–Crippen LogP) is 2.89. The second-order valence-electron chi connectivity index (χ2n) is 8.59. The van der Waals surface area contributed by atoms with Crippen LogP contribution in [0.1, 0.15) is 28.3 Å². The zero-order valence-electron chi connectivity index (χ0n) is 18.6. The standard InChI is InChI=1S/C24H30N6O/c1-17-14-18(2)30(27-17)24-16-23(25-19(3)26-24)29-11-9-28(10-12-29)8-6-20-4-5-22-21(15-20)7-13-31-22/h4-5,14-16H,6-13H2,1-3H3. The summed E-state index contributed by atoms with van der Waals surface area (Å²) < 4.78 is 7.53. The van der Waals surface area contributed by atoms with E-state index in [1.165, 1.54) is 11.1 Å². The second kappa shape index (κ2) is 8.30. The first-order chi connectivity index (χ1) is 15.0. The van der Waals surface area contributed by atoms with Gasteiger partial charge in [-0.1, -0.05) is 12.1 Å². The number of hydrogen-bond acceptors (Lipinski definition) is 6. The Balaban J connectivity index is 1.21. The lowest BCUT2D eigenvalue weighted by atomic mass is 10.1. The molecule has 0 aliphatic carbocycles. The number of ether oxygens (including phenoxy) is 1. The Kier molecular flexibility index (Phi) is 5.36. The van der Waals surface area contributed by atoms with Gasteiger partial charge in [-0.05, 0) is 50.5 Å². The van der Waals surface area contributed by atoms with Crippen molar-refractivity contribution in [2.45, 2.75) is 33.6 Å². The molecule has 0 N–H and O–H groups in total. The molecule has 1 saturated heterocycles. The molecule has 162 valence electrons. The van der Waals surface area contributed by atoms with Crippen molar-refractivity contribution in [3.63, 3.8) is 0 Å². The summed E-state index contributed by atoms with van der Waals surface area (Å²) in [4.78, 5) is 14.3. The summed E-state index contributed by atoms with van der Waals surface area (Å²) in [5.41, 5.74) is 4.86. The molecule has 0 amide bonds. The largest absolute Gasteiger partial charge is 0.493 e. The van der Waals surface area contributed by atoms with Crippen LogP contribution in [0.15, 0.2) is 30.3 Å². The number of fused-ring (bicyclic) bond motifs is 1. The van der Waals surface area contributed by atoms with Crippen LogP contribution < -0.4 is 9.64 Å². The van der Waals surface area contributed by atoms with Crippen molar-refractivity contribution < 1.29 is 4.74 Å². The van der Waals surface area contributed by atoms with Gasteiger partial charge in [-0.2, -0.15) is 5.10 Å². The Morgan fingerprint density at radius 2 is 1.74 bits per heavy atom. The zero-order chi connectivity index (χ0) is 21.4. The van der Waals surface area contributed by atoms with Gasteiger partial charge in [-0.15, -0.1) is 0 Å². The van der Waals surface area contributed by atoms with Crippen LogP contribution in [0.3, 0.4) is 0 Å². The molecule has 2 aromatic heterocycles. The Morgan fingerprint density at radius 3 is 2.52 bits per heavy atom. The molecule has 0 saturated carbocycles. The van der Waals surface area contributed by atoms with Crippen LogP contribution in [0.4, 0.5) is 5.82 Å². The highest BCUT2D eigenvalue weighted by molar-refractivity contribution is 5.45. The summed E-state index contributed by atoms with van der Waals surface area (Å²) in [5.74, 6) is 3.69. The SMILES string of the molecule is Cc1cc(C)n(-c2cc(N3CCN(CCc4ccc5c(c4)CCO5)CC3)nc(C)n2)n1. The van der Waals surface area contributed by atoms with Gasteiger partial charge in [0.1, 0.15) is 17.4 Å². The maximum atomic E-state index is 5.62. The van der Waals surface area contributed by atoms with Crippen molar-refractivity contribution in [3.05, 3.63) is 58.7 Å². The first kappa shape index (κ1) is 20.0. The first-order valence-electron chi connectivity index (χ1n) is 11.2. The Bertz CT molecular complexity index is 1080. The van der Waals surface area contributed by atoms with E-state index in [1.807, 2.05) is 18.5 Å². The molecule has 0 atom stereocenters. The third-order valence-corrected chi connectivity index (χ3v) is 6.20. The van der Waals surface area contributed by atoms with Gasteiger partial charge in [-0.25, -0.2) is 14.6 Å². The van der Waals surface area contributed by atoms with Gasteiger partial charge in [0.25, 0.3) is 0 Å². The van der Waals surface area contributed by atoms with Crippen LogP contribution >= 0.6 is 0 Å². The maximum absolute atomic E-state index is 5.62. The third-order valence-electron chi connectivity index (χ3n) is 6.20. The monoisotopic (exact) mass is 418 g/mol. The van der Waals surface area contributed by atoms with Crippen LogP contribution in [-0.4, -0.2) is 64.0 Å². The van der Waals surface area contributed by atoms with E-state index in [0.717, 1.165) is 86.8 Å². The van der Waals surface area contributed by atoms with Crippen LogP contribution in [-0.2, 0) is 12.8 Å². The summed E-state index contributed by atoms with van der Waals surface area (Å²) in [7, 11) is 0. The molecule has 2 aliphatic rings. The van der Waals surface area contributed by atoms with Gasteiger partial charge < -0.3 is 9.64 Å². The minimum absolute atomic E-state index is 0.781. The van der Waals surface area contributed by atoms with Crippen molar-refractivity contribution in [1.29, 1.82) is 0 Å². The van der Waals surface area contributed by atoms with E-state index in [9.17, 15) is 0 Å². The van der Waals surface area contributed by atoms with Crippen LogP contribution in [0.2, 0.25) is 0 Å². The van der Waals surface area contributed by atoms with E-state index >= 15 is 0 Å². The number of hydrogen-bond donors (Lipinski definition) is 0. The molecule has 7 heteroatoms. The molecule has 0 radical (unpaired) electrons. The molecule has 0 bridgehead atoms. The van der Waals surface area contributed by atoms with Crippen molar-refractivity contribution >= 4 is 5.82 Å². The highest BCUT2D eigenvalue weighted by Crippen LogP contribution is 2.26. The predicted molar refractivity (Wildman–Crippen MR) is 121 cm³/mol. The fourth-order valence-corrected chi connectivity index (χ4v) is 4.55. The van der Waals surface area contributed by atoms with Gasteiger partial charge in [-0.3, -0.25) is 4.90 Å². The fourth-order valence-electron chi connectivity index (χ4n) is 4.55. The number of benzene rings is 1. The summed E-state index contributed by atoms with van der Waals surface area (Å²) in [6.07, 6.45) is 2.13. The molecule has 1 aromatic carbocycles. The summed E-state index contributed by atoms with van der Waals surface area (Å²) in [6, 6.07) is 10.8. The number of rotatable bonds is 5. The van der Waals surface area contributed by atoms with Gasteiger partial charge in [0.15, 0.2) is 5.82 Å². The Labute approximate surface area is 183 Å². The van der Waals surface area contributed by atoms with Gasteiger partial charge in [0.05, 0.1) is 12.3 Å². The van der Waals surface area contributed by atoms with E-state index in [-0.39, 0.29) is 0 Å². The molecule has 31 heavy (non-hydrogen) atoms. The maximum Gasteiger partial charge on any atom is 0.159 e. The topological polar surface area (TPSA) is 59.3 Å². The van der Waals surface area contributed by atoms with E-state index in [1.54, 1.807) is 0 Å². The highest BCUT2D eigenvalue weighted by atomic mass is 16.5. The average Bonchev–Trinajstić information content (AvgIpc) is 3.37. The second-order valence-corrected chi connectivity index (χ2v) is 8.59. The molecular formula is C24H30N6O. The lowest BCUT2D eigenvalue weighted by Crippen LogP contribution is -2.47. The van der Waals surface area contributed by atoms with Gasteiger partial charge in [0, 0.05) is 50.9 Å². The third kappa shape index (κ3) is 4.28. The van der Waals surface area contributed by atoms with Gasteiger partial charge >= 0.3 is 0 Å². The summed E-state index contributed by atoms with van der Waals surface area (Å²) >= 11 is 0. The Hall–Kier alpha value is -2.93. The molecule has 1 fully saturated rings. The van der Waals surface area contributed by atoms with Crippen molar-refractivity contribution in [2.75, 3.05) is 44.2 Å². The normalized spacial score (nSPS) is 16.4. The molecule has 2 aliphatic heterocycles. The van der Waals surface area contributed by atoms with Crippen LogP contribution in [0, 0.1) is 20.8 Å². The lowest BCUT2D eigenvalue weighted by molar-refractivity contribution is 0.260. The number of nitrogens with zero attached hydrogens (tertiary/aromatic N) is 6. The van der Waals surface area contributed by atoms with E-state index in [0.29, 0.717) is 0 Å². The quantitative estimate of drug-likeness (QED) is 0.635. The summed E-state index contributed by atoms with van der Waals surface area (Å²) in [5, 5.41) is 4.59. The number of anilines is 1. The minimum Gasteiger partial charge on any atom is -0.493 e. The first-order valence-corrected chi connectivity index (χ1v) is 11.2. The molecule has 0 spiro atoms. The number of aromatic nitrogens is 4. The van der Waals surface area contributed by atoms with E-state index in [4.69, 9.17) is 9.72 Å². The smallest absolute Gasteiger partial charge is 0.159 e. The van der Waals surface area contributed by atoms with Crippen molar-refractivity contribution in [3.8, 4) is 11.6 Å². The summed E-state index contributed by atoms with van der Waals surface area (Å²) in [6.45, 7) is 12.0. The van der Waals surface area contributed by atoms with E-state index in [2.05, 4.69) is 57.1 Å². The molecular weight excluding hydrogens is 388 g/mol. The minimum atomic E-state index is 0.781. The van der Waals surface area contributed by atoms with Crippen molar-refractivity contribution in [2.24, 2.45) is 0 Å². The fraction of sp³-hybridized carbons (Fsp3) is 0.458. The van der Waals surface area contributed by atoms with Crippen LogP contribution in [0.25, 0.3) is 5.82 Å². The molecule has 3 aromatic rings. The number of piperazine rings is 1. The molecule has 0 unspecified atom stereocenters. The lowest BCUT2D eigenvalue weighted by Gasteiger charge is -2.35. The van der Waals surface area contributed by atoms with E-state index < -0.39 is 0 Å². The van der Waals surface area contributed by atoms with Crippen molar-refractivity contribution in [1.82, 2.24) is 24.6 Å². The molecule has 4 heterocycles. The van der Waals surface area contributed by atoms with Gasteiger partial charge in [0.2, 0.25) is 0 Å². The van der Waals surface area contributed by atoms with Crippen LogP contribution in [0.5, 0.6) is 5.75 Å². The molecule has 5 rings (SSSR count). The highest BCUT2D eigenvalue weighted by Gasteiger charge is 2.20. The number of aryl methyl sites for hydroxylation is 3. The Morgan fingerprint density at radius 1 is 0.935 bits per heavy atom.